The van der Waals surface area contributed by atoms with Crippen LogP contribution in [0.5, 0.6) is 0 Å². The fraction of sp³-hybridized carbons (Fsp3) is 0.667. The molecule has 3 rings (SSSR count). The number of rotatable bonds is 4. The molecule has 2 aliphatic rings. The minimum atomic E-state index is -5.19. The summed E-state index contributed by atoms with van der Waals surface area (Å²) in [5.41, 5.74) is -1.30. The summed E-state index contributed by atoms with van der Waals surface area (Å²) in [6.45, 7) is 2.71. The van der Waals surface area contributed by atoms with E-state index in [9.17, 15) is 23.9 Å². The molecular weight excluding hydrogens is 347 g/mol. The van der Waals surface area contributed by atoms with Gasteiger partial charge in [0.15, 0.2) is 12.0 Å². The Kier molecular flexibility index (Phi) is 4.29. The molecule has 0 spiro atoms. The molecule has 0 unspecified atom stereocenters. The van der Waals surface area contributed by atoms with Crippen LogP contribution in [0.2, 0.25) is 0 Å². The summed E-state index contributed by atoms with van der Waals surface area (Å²) in [6.07, 6.45) is -2.21. The van der Waals surface area contributed by atoms with Gasteiger partial charge in [0.1, 0.15) is 18.3 Å². The van der Waals surface area contributed by atoms with Gasteiger partial charge in [-0.05, 0) is 13.8 Å². The first kappa shape index (κ1) is 17.5. The van der Waals surface area contributed by atoms with Crippen molar-refractivity contribution in [2.24, 2.45) is 0 Å². The van der Waals surface area contributed by atoms with E-state index in [2.05, 4.69) is 9.51 Å². The molecule has 1 aromatic heterocycles. The number of hydrogen-bond acceptors (Lipinski definition) is 9. The van der Waals surface area contributed by atoms with E-state index in [0.29, 0.717) is 0 Å². The van der Waals surface area contributed by atoms with Crippen molar-refractivity contribution in [3.05, 3.63) is 33.1 Å². The number of phosphoric ester groups is 1. The van der Waals surface area contributed by atoms with Gasteiger partial charge in [-0.1, -0.05) is 0 Å². The maximum absolute atomic E-state index is 12.0. The van der Waals surface area contributed by atoms with Crippen LogP contribution in [0.15, 0.2) is 21.9 Å². The van der Waals surface area contributed by atoms with Gasteiger partial charge in [0, 0.05) is 12.3 Å². The van der Waals surface area contributed by atoms with Gasteiger partial charge in [-0.3, -0.25) is 14.3 Å². The molecule has 0 bridgehead atoms. The number of fused-ring (bicyclic) bond motifs is 1. The molecule has 1 aromatic rings. The minimum absolute atomic E-state index is 0.570. The highest BCUT2D eigenvalue weighted by molar-refractivity contribution is 7.43. The van der Waals surface area contributed by atoms with Gasteiger partial charge in [0.2, 0.25) is 0 Å². The zero-order valence-electron chi connectivity index (χ0n) is 12.7. The van der Waals surface area contributed by atoms with Gasteiger partial charge in [0.05, 0.1) is 14.4 Å². The van der Waals surface area contributed by atoms with Gasteiger partial charge in [-0.15, -0.1) is 0 Å². The average Bonchev–Trinajstić information content (AvgIpc) is 2.90. The summed E-state index contributed by atoms with van der Waals surface area (Å²) >= 11 is 0. The second-order valence-electron chi connectivity index (χ2n) is 5.89. The Hall–Kier alpha value is -1.33. The normalized spacial score (nSPS) is 32.0. The highest BCUT2D eigenvalue weighted by Gasteiger charge is 2.56. The monoisotopic (exact) mass is 362 g/mol. The van der Waals surface area contributed by atoms with Gasteiger partial charge < -0.3 is 33.1 Å². The fourth-order valence-electron chi connectivity index (χ4n) is 2.81. The standard InChI is InChI=1S/C12H17N2O9P/c1-12(2)22-8-6(5-20-24(17,18)19)21-10(9(8)23-12)14-4-3-7(15)13-11(14)16/h3-4,6,8-10H,5H2,1-2H3,(H,13,15,16)(H2,17,18,19)/p-2/t6-,8-,9-,10-/m1/s1. The van der Waals surface area contributed by atoms with Crippen LogP contribution in [-0.4, -0.2) is 40.3 Å². The SMILES string of the molecule is CC1(C)O[C@@H]2[C@H](O1)[C@@H](COP(=O)([O-])[O-])O[C@H]2n1ccc(=O)[nH]c1=O. The summed E-state index contributed by atoms with van der Waals surface area (Å²) in [7, 11) is -5.19. The summed E-state index contributed by atoms with van der Waals surface area (Å²) in [6, 6.07) is 1.13. The van der Waals surface area contributed by atoms with E-state index in [0.717, 1.165) is 10.6 Å². The zero-order chi connectivity index (χ0) is 17.7. The third-order valence-corrected chi connectivity index (χ3v) is 4.11. The number of aromatic nitrogens is 2. The van der Waals surface area contributed by atoms with Gasteiger partial charge in [0.25, 0.3) is 5.56 Å². The predicted molar refractivity (Wildman–Crippen MR) is 72.6 cm³/mol. The fourth-order valence-corrected chi connectivity index (χ4v) is 3.14. The number of nitrogens with one attached hydrogen (secondary N) is 1. The third kappa shape index (κ3) is 3.52. The number of H-pyrrole nitrogens is 1. The second kappa shape index (κ2) is 5.88. The molecule has 24 heavy (non-hydrogen) atoms. The van der Waals surface area contributed by atoms with E-state index in [1.807, 2.05) is 0 Å². The van der Waals surface area contributed by atoms with E-state index in [4.69, 9.17) is 14.2 Å². The van der Waals surface area contributed by atoms with Crippen molar-refractivity contribution >= 4 is 7.82 Å². The highest BCUT2D eigenvalue weighted by Crippen LogP contribution is 2.43. The molecule has 0 saturated carbocycles. The Balaban J connectivity index is 1.89. The van der Waals surface area contributed by atoms with Crippen LogP contribution in [0, 0.1) is 0 Å². The van der Waals surface area contributed by atoms with Crippen molar-refractivity contribution in [1.29, 1.82) is 0 Å². The van der Waals surface area contributed by atoms with E-state index in [1.54, 1.807) is 13.8 Å². The minimum Gasteiger partial charge on any atom is -0.790 e. The van der Waals surface area contributed by atoms with Gasteiger partial charge in [-0.25, -0.2) is 4.79 Å². The zero-order valence-corrected chi connectivity index (χ0v) is 13.6. The van der Waals surface area contributed by atoms with Gasteiger partial charge >= 0.3 is 5.69 Å². The van der Waals surface area contributed by atoms with Crippen LogP contribution in [0.1, 0.15) is 20.1 Å². The molecule has 12 heteroatoms. The lowest BCUT2D eigenvalue weighted by molar-refractivity contribution is -0.343. The molecule has 2 aliphatic heterocycles. The molecule has 0 aromatic carbocycles. The summed E-state index contributed by atoms with van der Waals surface area (Å²) in [5, 5.41) is 0. The largest absolute Gasteiger partial charge is 0.790 e. The third-order valence-electron chi connectivity index (χ3n) is 3.65. The first-order valence-corrected chi connectivity index (χ1v) is 8.51. The lowest BCUT2D eigenvalue weighted by Gasteiger charge is -2.31. The van der Waals surface area contributed by atoms with Gasteiger partial charge in [-0.2, -0.15) is 0 Å². The smallest absolute Gasteiger partial charge is 0.330 e. The predicted octanol–water partition coefficient (Wildman–Crippen LogP) is -2.20. The summed E-state index contributed by atoms with van der Waals surface area (Å²) < 4.78 is 33.0. The number of phosphoric acid groups is 1. The molecule has 0 radical (unpaired) electrons. The maximum Gasteiger partial charge on any atom is 0.330 e. The molecule has 0 aliphatic carbocycles. The quantitative estimate of drug-likeness (QED) is 0.587. The Morgan fingerprint density at radius 1 is 1.33 bits per heavy atom. The Bertz CT molecular complexity index is 781. The van der Waals surface area contributed by atoms with Crippen molar-refractivity contribution in [2.75, 3.05) is 6.61 Å². The summed E-state index contributed by atoms with van der Waals surface area (Å²) in [4.78, 5) is 46.6. The Morgan fingerprint density at radius 2 is 2.00 bits per heavy atom. The number of aromatic amines is 1. The number of hydrogen-bond donors (Lipinski definition) is 1. The molecule has 4 atom stereocenters. The summed E-state index contributed by atoms with van der Waals surface area (Å²) in [5.74, 6) is -1.000. The molecule has 11 nitrogen and oxygen atoms in total. The average molecular weight is 362 g/mol. The molecule has 2 saturated heterocycles. The molecule has 1 N–H and O–H groups in total. The van der Waals surface area contributed by atoms with E-state index in [-0.39, 0.29) is 0 Å². The molecule has 2 fully saturated rings. The highest BCUT2D eigenvalue weighted by atomic mass is 31.2. The topological polar surface area (TPSA) is 155 Å². The molecular formula is C12H15N2O9P-2. The van der Waals surface area contributed by atoms with Crippen molar-refractivity contribution in [2.45, 2.75) is 44.2 Å². The molecule has 3 heterocycles. The molecule has 0 amide bonds. The lowest BCUT2D eigenvalue weighted by atomic mass is 10.1. The number of ether oxygens (including phenoxy) is 3. The Morgan fingerprint density at radius 3 is 2.62 bits per heavy atom. The van der Waals surface area contributed by atoms with E-state index < -0.39 is 56.0 Å². The maximum atomic E-state index is 12.0. The van der Waals surface area contributed by atoms with Crippen LogP contribution < -0.4 is 21.0 Å². The van der Waals surface area contributed by atoms with Crippen LogP contribution in [-0.2, 0) is 23.3 Å². The number of nitrogens with zero attached hydrogens (tertiary/aromatic N) is 1. The van der Waals surface area contributed by atoms with Crippen LogP contribution >= 0.6 is 7.82 Å². The van der Waals surface area contributed by atoms with Crippen molar-refractivity contribution in [1.82, 2.24) is 9.55 Å². The van der Waals surface area contributed by atoms with E-state index in [1.165, 1.54) is 6.20 Å². The van der Waals surface area contributed by atoms with Crippen molar-refractivity contribution in [3.63, 3.8) is 0 Å². The first-order valence-electron chi connectivity index (χ1n) is 7.05. The van der Waals surface area contributed by atoms with Crippen LogP contribution in [0.3, 0.4) is 0 Å². The van der Waals surface area contributed by atoms with Crippen LogP contribution in [0.4, 0.5) is 0 Å². The van der Waals surface area contributed by atoms with Crippen molar-refractivity contribution in [3.8, 4) is 0 Å². The Labute approximate surface area is 135 Å². The second-order valence-corrected chi connectivity index (χ2v) is 7.04. The first-order chi connectivity index (χ1) is 11.1. The molecule has 134 valence electrons. The van der Waals surface area contributed by atoms with Crippen LogP contribution in [0.25, 0.3) is 0 Å². The van der Waals surface area contributed by atoms with E-state index >= 15 is 0 Å². The lowest BCUT2D eigenvalue weighted by Crippen LogP contribution is -2.37. The van der Waals surface area contributed by atoms with Crippen molar-refractivity contribution < 1.29 is 33.1 Å².